The van der Waals surface area contributed by atoms with Crippen molar-refractivity contribution in [1.82, 2.24) is 9.88 Å². The molecule has 0 spiro atoms. The van der Waals surface area contributed by atoms with Gasteiger partial charge < -0.3 is 15.3 Å². The Labute approximate surface area is 178 Å². The summed E-state index contributed by atoms with van der Waals surface area (Å²) >= 11 is 1.73. The molecule has 3 rings (SSSR count). The summed E-state index contributed by atoms with van der Waals surface area (Å²) in [7, 11) is 1.81. The van der Waals surface area contributed by atoms with Crippen LogP contribution in [-0.4, -0.2) is 47.1 Å². The molecule has 1 saturated carbocycles. The highest BCUT2D eigenvalue weighted by molar-refractivity contribution is 7.15. The van der Waals surface area contributed by atoms with Crippen LogP contribution in [0.25, 0.3) is 0 Å². The maximum atomic E-state index is 12.8. The zero-order valence-corrected chi connectivity index (χ0v) is 19.0. The molecule has 6 unspecified atom stereocenters. The van der Waals surface area contributed by atoms with E-state index in [1.54, 1.807) is 22.3 Å². The first kappa shape index (κ1) is 22.0. The fourth-order valence-corrected chi connectivity index (χ4v) is 6.87. The van der Waals surface area contributed by atoms with Crippen LogP contribution in [0.1, 0.15) is 50.1 Å². The Bertz CT molecular complexity index is 776. The second-order valence-electron chi connectivity index (χ2n) is 9.13. The highest BCUT2D eigenvalue weighted by Crippen LogP contribution is 2.57. The summed E-state index contributed by atoms with van der Waals surface area (Å²) in [4.78, 5) is 20.7. The normalized spacial score (nSPS) is 31.9. The highest BCUT2D eigenvalue weighted by atomic mass is 32.1. The highest BCUT2D eigenvalue weighted by Gasteiger charge is 2.54. The van der Waals surface area contributed by atoms with Crippen molar-refractivity contribution in [3.8, 4) is 0 Å². The average molecular weight is 418 g/mol. The SMILES string of the molecule is C=CCNc1nc2c(s1)CC1(C)CCC(C(C)C(=O)N(C)CC=C)C(O)C1C2C. The first-order valence-corrected chi connectivity index (χ1v) is 11.4. The Balaban J connectivity index is 1.84. The van der Waals surface area contributed by atoms with Crippen molar-refractivity contribution in [2.24, 2.45) is 23.2 Å². The van der Waals surface area contributed by atoms with E-state index in [0.29, 0.717) is 13.1 Å². The van der Waals surface area contributed by atoms with Crippen LogP contribution in [0.4, 0.5) is 5.13 Å². The number of amides is 1. The van der Waals surface area contributed by atoms with Gasteiger partial charge in [0, 0.05) is 36.9 Å². The van der Waals surface area contributed by atoms with Crippen LogP contribution in [0, 0.1) is 23.2 Å². The Morgan fingerprint density at radius 2 is 2.21 bits per heavy atom. The molecule has 1 aromatic rings. The fourth-order valence-electron chi connectivity index (χ4n) is 5.60. The first-order chi connectivity index (χ1) is 13.7. The van der Waals surface area contributed by atoms with Gasteiger partial charge in [0.05, 0.1) is 11.8 Å². The molecule has 2 N–H and O–H groups in total. The molecule has 1 heterocycles. The van der Waals surface area contributed by atoms with Crippen molar-refractivity contribution in [2.45, 2.75) is 52.1 Å². The van der Waals surface area contributed by atoms with E-state index in [2.05, 4.69) is 32.3 Å². The summed E-state index contributed by atoms with van der Waals surface area (Å²) in [5.74, 6) is 0.154. The molecular formula is C23H35N3O2S. The summed E-state index contributed by atoms with van der Waals surface area (Å²) in [5.41, 5.74) is 1.16. The number of fused-ring (bicyclic) bond motifs is 2. The summed E-state index contributed by atoms with van der Waals surface area (Å²) in [6.07, 6.45) is 5.93. The van der Waals surface area contributed by atoms with E-state index in [1.807, 2.05) is 20.0 Å². The monoisotopic (exact) mass is 417 g/mol. The third-order valence-corrected chi connectivity index (χ3v) is 8.16. The number of aliphatic hydroxyl groups is 1. The predicted molar refractivity (Wildman–Crippen MR) is 120 cm³/mol. The van der Waals surface area contributed by atoms with Crippen LogP contribution < -0.4 is 5.32 Å². The number of nitrogens with zero attached hydrogens (tertiary/aromatic N) is 2. The number of thiazole rings is 1. The molecule has 6 heteroatoms. The predicted octanol–water partition coefficient (Wildman–Crippen LogP) is 4.07. The van der Waals surface area contributed by atoms with E-state index in [9.17, 15) is 9.90 Å². The molecule has 1 fully saturated rings. The quantitative estimate of drug-likeness (QED) is 0.656. The molecular weight excluding hydrogens is 382 g/mol. The molecule has 0 saturated heterocycles. The van der Waals surface area contributed by atoms with Gasteiger partial charge in [-0.2, -0.15) is 0 Å². The van der Waals surface area contributed by atoms with Crippen LogP contribution in [-0.2, 0) is 11.2 Å². The van der Waals surface area contributed by atoms with Gasteiger partial charge in [-0.1, -0.05) is 32.9 Å². The Morgan fingerprint density at radius 3 is 2.86 bits per heavy atom. The zero-order chi connectivity index (χ0) is 21.3. The van der Waals surface area contributed by atoms with Crippen LogP contribution in [0.5, 0.6) is 0 Å². The zero-order valence-electron chi connectivity index (χ0n) is 18.1. The third-order valence-electron chi connectivity index (χ3n) is 7.13. The minimum atomic E-state index is -0.501. The standard InChI is InChI=1S/C23H35N3O2S/c1-7-11-24-22-25-19-15(4)18-20(27)16(14(3)21(28)26(6)12-8-2)9-10-23(18,5)13-17(19)29-22/h7-8,14-16,18,20,27H,1-2,9-13H2,3-6H3,(H,24,25). The molecule has 29 heavy (non-hydrogen) atoms. The number of aromatic nitrogens is 1. The number of rotatable bonds is 7. The number of carbonyl (C=O) groups is 1. The molecule has 0 aliphatic heterocycles. The summed E-state index contributed by atoms with van der Waals surface area (Å²) in [6, 6.07) is 0. The van der Waals surface area contributed by atoms with Gasteiger partial charge in [-0.25, -0.2) is 4.98 Å². The van der Waals surface area contributed by atoms with Crippen LogP contribution in [0.3, 0.4) is 0 Å². The Hall–Kier alpha value is -1.66. The minimum Gasteiger partial charge on any atom is -0.392 e. The summed E-state index contributed by atoms with van der Waals surface area (Å²) < 4.78 is 0. The molecule has 1 aromatic heterocycles. The van der Waals surface area contributed by atoms with Crippen molar-refractivity contribution < 1.29 is 9.90 Å². The lowest BCUT2D eigenvalue weighted by atomic mass is 9.53. The molecule has 0 radical (unpaired) electrons. The van der Waals surface area contributed by atoms with E-state index in [4.69, 9.17) is 4.98 Å². The number of hydrogen-bond acceptors (Lipinski definition) is 5. The molecule has 2 aliphatic carbocycles. The molecule has 0 bridgehead atoms. The van der Waals surface area contributed by atoms with Gasteiger partial charge in [0.1, 0.15) is 0 Å². The molecule has 5 nitrogen and oxygen atoms in total. The van der Waals surface area contributed by atoms with Crippen molar-refractivity contribution in [3.63, 3.8) is 0 Å². The number of likely N-dealkylation sites (N-methyl/N-ethyl adjacent to an activating group) is 1. The molecule has 6 atom stereocenters. The lowest BCUT2D eigenvalue weighted by Gasteiger charge is -2.53. The van der Waals surface area contributed by atoms with E-state index in [1.165, 1.54) is 4.88 Å². The van der Waals surface area contributed by atoms with Crippen LogP contribution >= 0.6 is 11.3 Å². The number of anilines is 1. The third kappa shape index (κ3) is 4.02. The van der Waals surface area contributed by atoms with Crippen LogP contribution in [0.2, 0.25) is 0 Å². The maximum Gasteiger partial charge on any atom is 0.225 e. The number of aliphatic hydroxyl groups excluding tert-OH is 1. The average Bonchev–Trinajstić information content (AvgIpc) is 3.08. The smallest absolute Gasteiger partial charge is 0.225 e. The van der Waals surface area contributed by atoms with Gasteiger partial charge in [-0.3, -0.25) is 4.79 Å². The van der Waals surface area contributed by atoms with Gasteiger partial charge >= 0.3 is 0 Å². The number of hydrogen-bond donors (Lipinski definition) is 2. The summed E-state index contributed by atoms with van der Waals surface area (Å²) in [5, 5.41) is 15.7. The number of carbonyl (C=O) groups excluding carboxylic acids is 1. The topological polar surface area (TPSA) is 65.5 Å². The number of nitrogens with one attached hydrogen (secondary N) is 1. The van der Waals surface area contributed by atoms with Gasteiger partial charge in [0.2, 0.25) is 5.91 Å². The molecule has 1 amide bonds. The molecule has 2 aliphatic rings. The molecule has 0 aromatic carbocycles. The van der Waals surface area contributed by atoms with Gasteiger partial charge in [-0.15, -0.1) is 24.5 Å². The lowest BCUT2D eigenvalue weighted by molar-refractivity contribution is -0.143. The van der Waals surface area contributed by atoms with Crippen molar-refractivity contribution in [2.75, 3.05) is 25.5 Å². The maximum absolute atomic E-state index is 12.8. The molecule has 160 valence electrons. The Morgan fingerprint density at radius 1 is 1.48 bits per heavy atom. The van der Waals surface area contributed by atoms with E-state index in [0.717, 1.165) is 30.1 Å². The van der Waals surface area contributed by atoms with Crippen molar-refractivity contribution in [1.29, 1.82) is 0 Å². The minimum absolute atomic E-state index is 0.0196. The Kier molecular flexibility index (Phi) is 6.54. The van der Waals surface area contributed by atoms with Crippen molar-refractivity contribution in [3.05, 3.63) is 35.9 Å². The van der Waals surface area contributed by atoms with Crippen LogP contribution in [0.15, 0.2) is 25.3 Å². The summed E-state index contributed by atoms with van der Waals surface area (Å²) in [6.45, 7) is 15.2. The lowest BCUT2D eigenvalue weighted by Crippen LogP contribution is -2.53. The van der Waals surface area contributed by atoms with Gasteiger partial charge in [0.25, 0.3) is 0 Å². The van der Waals surface area contributed by atoms with Gasteiger partial charge in [0.15, 0.2) is 5.13 Å². The van der Waals surface area contributed by atoms with Crippen molar-refractivity contribution >= 4 is 22.4 Å². The fraction of sp³-hybridized carbons (Fsp3) is 0.652. The van der Waals surface area contributed by atoms with Gasteiger partial charge in [-0.05, 0) is 36.5 Å². The van der Waals surface area contributed by atoms with E-state index in [-0.39, 0.29) is 35.0 Å². The second-order valence-corrected chi connectivity index (χ2v) is 10.2. The first-order valence-electron chi connectivity index (χ1n) is 10.6. The largest absolute Gasteiger partial charge is 0.392 e. The van der Waals surface area contributed by atoms with E-state index < -0.39 is 6.10 Å². The second kappa shape index (κ2) is 8.60. The van der Waals surface area contributed by atoms with E-state index >= 15 is 0 Å².